The van der Waals surface area contributed by atoms with Crippen LogP contribution < -0.4 is 9.47 Å². The van der Waals surface area contributed by atoms with E-state index in [1.807, 2.05) is 37.3 Å². The average Bonchev–Trinajstić information content (AvgIpc) is 2.88. The highest BCUT2D eigenvalue weighted by atomic mass is 19.1. The molecule has 5 heteroatoms. The molecule has 4 nitrogen and oxygen atoms in total. The van der Waals surface area contributed by atoms with Gasteiger partial charge in [-0.3, -0.25) is 4.79 Å². The SMILES string of the molecule is CCCCCCCCOc1ccc(-c2ccc(OCC(C)OC(=O)CCCC(C)CC)cc2)cc1F. The summed E-state index contributed by atoms with van der Waals surface area (Å²) < 4.78 is 31.4. The average molecular weight is 501 g/mol. The van der Waals surface area contributed by atoms with E-state index in [0.29, 0.717) is 30.4 Å². The van der Waals surface area contributed by atoms with Crippen LogP contribution in [0.2, 0.25) is 0 Å². The second-order valence-corrected chi connectivity index (χ2v) is 9.80. The number of rotatable bonds is 18. The molecule has 2 unspecified atom stereocenters. The molecule has 2 atom stereocenters. The number of carbonyl (C=O) groups is 1. The van der Waals surface area contributed by atoms with Gasteiger partial charge in [0.1, 0.15) is 18.5 Å². The summed E-state index contributed by atoms with van der Waals surface area (Å²) in [4.78, 5) is 12.0. The number of unbranched alkanes of at least 4 members (excludes halogenated alkanes) is 5. The summed E-state index contributed by atoms with van der Waals surface area (Å²) in [5.74, 6) is 1.09. The van der Waals surface area contributed by atoms with Gasteiger partial charge in [-0.15, -0.1) is 0 Å². The number of halogens is 1. The number of hydrogen-bond acceptors (Lipinski definition) is 4. The molecular formula is C31H45FO4. The first-order valence-corrected chi connectivity index (χ1v) is 13.8. The first kappa shape index (κ1) is 29.7. The lowest BCUT2D eigenvalue weighted by Crippen LogP contribution is -2.22. The van der Waals surface area contributed by atoms with Crippen molar-refractivity contribution < 1.29 is 23.4 Å². The zero-order valence-electron chi connectivity index (χ0n) is 22.7. The minimum absolute atomic E-state index is 0.175. The Bertz CT molecular complexity index is 881. The summed E-state index contributed by atoms with van der Waals surface area (Å²) >= 11 is 0. The van der Waals surface area contributed by atoms with E-state index >= 15 is 0 Å². The van der Waals surface area contributed by atoms with Crippen LogP contribution in [0.15, 0.2) is 42.5 Å². The molecule has 36 heavy (non-hydrogen) atoms. The number of esters is 1. The topological polar surface area (TPSA) is 44.8 Å². The third-order valence-corrected chi connectivity index (χ3v) is 6.47. The molecule has 0 fully saturated rings. The van der Waals surface area contributed by atoms with Crippen molar-refractivity contribution in [1.29, 1.82) is 0 Å². The Balaban J connectivity index is 1.74. The first-order valence-electron chi connectivity index (χ1n) is 13.8. The minimum atomic E-state index is -0.349. The van der Waals surface area contributed by atoms with Crippen molar-refractivity contribution in [1.82, 2.24) is 0 Å². The molecule has 0 aromatic heterocycles. The normalized spacial score (nSPS) is 12.7. The zero-order chi connectivity index (χ0) is 26.2. The van der Waals surface area contributed by atoms with Gasteiger partial charge in [0.05, 0.1) is 6.61 Å². The summed E-state index contributed by atoms with van der Waals surface area (Å²) in [6.45, 7) is 9.23. The molecule has 0 aliphatic carbocycles. The number of ether oxygens (including phenoxy) is 3. The van der Waals surface area contributed by atoms with Gasteiger partial charge in [-0.2, -0.15) is 0 Å². The van der Waals surface area contributed by atoms with Crippen LogP contribution in [-0.4, -0.2) is 25.3 Å². The number of hydrogen-bond donors (Lipinski definition) is 0. The van der Waals surface area contributed by atoms with Crippen LogP contribution in [0.4, 0.5) is 4.39 Å². The molecule has 0 aliphatic rings. The van der Waals surface area contributed by atoms with Crippen LogP contribution in [0, 0.1) is 11.7 Å². The standard InChI is InChI=1S/C31H45FO4/c1-5-7-8-9-10-11-21-34-30-20-17-27(22-29(30)32)26-15-18-28(19-16-26)35-23-25(4)36-31(33)14-12-13-24(3)6-2/h15-20,22,24-25H,5-14,21,23H2,1-4H3. The Hall–Kier alpha value is -2.56. The number of carbonyl (C=O) groups excluding carboxylic acids is 1. The lowest BCUT2D eigenvalue weighted by molar-refractivity contribution is -0.149. The van der Waals surface area contributed by atoms with Gasteiger partial charge >= 0.3 is 5.97 Å². The van der Waals surface area contributed by atoms with Gasteiger partial charge in [0.25, 0.3) is 0 Å². The van der Waals surface area contributed by atoms with Crippen molar-refractivity contribution >= 4 is 5.97 Å². The van der Waals surface area contributed by atoms with Crippen LogP contribution in [0.3, 0.4) is 0 Å². The highest BCUT2D eigenvalue weighted by Crippen LogP contribution is 2.27. The van der Waals surface area contributed by atoms with Gasteiger partial charge in [0, 0.05) is 6.42 Å². The van der Waals surface area contributed by atoms with Crippen molar-refractivity contribution in [3.05, 3.63) is 48.3 Å². The molecule has 0 aliphatic heterocycles. The van der Waals surface area contributed by atoms with E-state index in [4.69, 9.17) is 14.2 Å². The molecule has 0 radical (unpaired) electrons. The highest BCUT2D eigenvalue weighted by Gasteiger charge is 2.12. The van der Waals surface area contributed by atoms with Gasteiger partial charge < -0.3 is 14.2 Å². The monoisotopic (exact) mass is 500 g/mol. The van der Waals surface area contributed by atoms with Crippen molar-refractivity contribution in [2.24, 2.45) is 5.92 Å². The Kier molecular flexibility index (Phi) is 14.0. The molecule has 0 amide bonds. The molecule has 0 N–H and O–H groups in total. The van der Waals surface area contributed by atoms with Crippen LogP contribution >= 0.6 is 0 Å². The molecule has 2 aromatic carbocycles. The van der Waals surface area contributed by atoms with Crippen LogP contribution in [0.1, 0.15) is 91.9 Å². The second-order valence-electron chi connectivity index (χ2n) is 9.80. The van der Waals surface area contributed by atoms with Crippen LogP contribution in [-0.2, 0) is 9.53 Å². The fourth-order valence-electron chi connectivity index (χ4n) is 3.94. The summed E-state index contributed by atoms with van der Waals surface area (Å²) in [5.41, 5.74) is 1.68. The molecule has 0 saturated carbocycles. The van der Waals surface area contributed by atoms with Gasteiger partial charge in [-0.05, 0) is 61.1 Å². The molecule has 0 bridgehead atoms. The van der Waals surface area contributed by atoms with Crippen molar-refractivity contribution in [2.75, 3.05) is 13.2 Å². The largest absolute Gasteiger partial charge is 0.491 e. The second kappa shape index (κ2) is 17.0. The minimum Gasteiger partial charge on any atom is -0.491 e. The molecular weight excluding hydrogens is 455 g/mol. The van der Waals surface area contributed by atoms with E-state index in [-0.39, 0.29) is 24.5 Å². The molecule has 2 aromatic rings. The van der Waals surface area contributed by atoms with E-state index in [1.165, 1.54) is 31.7 Å². The third kappa shape index (κ3) is 11.5. The smallest absolute Gasteiger partial charge is 0.306 e. The van der Waals surface area contributed by atoms with E-state index < -0.39 is 0 Å². The van der Waals surface area contributed by atoms with Gasteiger partial charge in [-0.25, -0.2) is 4.39 Å². The zero-order valence-corrected chi connectivity index (χ0v) is 22.7. The van der Waals surface area contributed by atoms with Crippen molar-refractivity contribution in [3.8, 4) is 22.6 Å². The van der Waals surface area contributed by atoms with Crippen molar-refractivity contribution in [2.45, 2.75) is 98.0 Å². The lowest BCUT2D eigenvalue weighted by Gasteiger charge is -2.15. The Morgan fingerprint density at radius 1 is 0.861 bits per heavy atom. The van der Waals surface area contributed by atoms with Gasteiger partial charge in [0.2, 0.25) is 0 Å². The Morgan fingerprint density at radius 2 is 1.56 bits per heavy atom. The van der Waals surface area contributed by atoms with E-state index in [2.05, 4.69) is 20.8 Å². The molecule has 0 spiro atoms. The molecule has 0 heterocycles. The maximum Gasteiger partial charge on any atom is 0.306 e. The maximum absolute atomic E-state index is 14.5. The van der Waals surface area contributed by atoms with Gasteiger partial charge in [-0.1, -0.05) is 83.9 Å². The van der Waals surface area contributed by atoms with E-state index in [1.54, 1.807) is 6.07 Å². The summed E-state index contributed by atoms with van der Waals surface area (Å²) in [7, 11) is 0. The Morgan fingerprint density at radius 3 is 2.25 bits per heavy atom. The first-order chi connectivity index (χ1) is 17.4. The Labute approximate surface area is 217 Å². The molecule has 2 rings (SSSR count). The van der Waals surface area contributed by atoms with Crippen LogP contribution in [0.25, 0.3) is 11.1 Å². The van der Waals surface area contributed by atoms with Gasteiger partial charge in [0.15, 0.2) is 11.6 Å². The highest BCUT2D eigenvalue weighted by molar-refractivity contribution is 5.69. The summed E-state index contributed by atoms with van der Waals surface area (Å²) in [6.07, 6.45) is 10.2. The fraction of sp³-hybridized carbons (Fsp3) is 0.581. The third-order valence-electron chi connectivity index (χ3n) is 6.47. The fourth-order valence-corrected chi connectivity index (χ4v) is 3.94. The lowest BCUT2D eigenvalue weighted by atomic mass is 10.0. The van der Waals surface area contributed by atoms with E-state index in [0.717, 1.165) is 43.2 Å². The number of benzene rings is 2. The predicted molar refractivity (Wildman–Crippen MR) is 145 cm³/mol. The quantitative estimate of drug-likeness (QED) is 0.152. The van der Waals surface area contributed by atoms with Crippen LogP contribution in [0.5, 0.6) is 11.5 Å². The summed E-state index contributed by atoms with van der Waals surface area (Å²) in [5, 5.41) is 0. The predicted octanol–water partition coefficient (Wildman–Crippen LogP) is 8.76. The molecule has 200 valence electrons. The molecule has 0 saturated heterocycles. The van der Waals surface area contributed by atoms with E-state index in [9.17, 15) is 9.18 Å². The summed E-state index contributed by atoms with van der Waals surface area (Å²) in [6, 6.07) is 12.6. The maximum atomic E-state index is 14.5. The van der Waals surface area contributed by atoms with Crippen molar-refractivity contribution in [3.63, 3.8) is 0 Å².